The molecule has 0 aliphatic carbocycles. The van der Waals surface area contributed by atoms with Crippen molar-refractivity contribution in [3.05, 3.63) is 34.9 Å². The molecule has 0 radical (unpaired) electrons. The zero-order valence-electron chi connectivity index (χ0n) is 12.0. The number of carbonyl (C=O) groups excluding carboxylic acids is 1. The third-order valence-corrected chi connectivity index (χ3v) is 3.24. The topological polar surface area (TPSA) is 61.4 Å². The standard InChI is InChI=1S/C15H24N2O2/c1-4-14(7-8-18)17-15(19)16-10-13-6-5-11(2)9-12(13)3/h5-6,9,14,18H,4,7-8,10H2,1-3H3,(H2,16,17,19). The van der Waals surface area contributed by atoms with Crippen LogP contribution in [-0.4, -0.2) is 23.8 Å². The van der Waals surface area contributed by atoms with E-state index in [0.29, 0.717) is 13.0 Å². The molecule has 0 bridgehead atoms. The molecule has 0 fully saturated rings. The van der Waals surface area contributed by atoms with Crippen molar-refractivity contribution >= 4 is 6.03 Å². The van der Waals surface area contributed by atoms with Gasteiger partial charge in [0, 0.05) is 19.2 Å². The molecule has 0 aliphatic heterocycles. The Balaban J connectivity index is 2.45. The third kappa shape index (κ3) is 5.30. The lowest BCUT2D eigenvalue weighted by Gasteiger charge is -2.16. The van der Waals surface area contributed by atoms with Crippen molar-refractivity contribution in [2.45, 2.75) is 46.2 Å². The van der Waals surface area contributed by atoms with Gasteiger partial charge in [-0.05, 0) is 37.8 Å². The van der Waals surface area contributed by atoms with Gasteiger partial charge in [0.05, 0.1) is 0 Å². The predicted molar refractivity (Wildman–Crippen MR) is 77.1 cm³/mol. The molecule has 3 N–H and O–H groups in total. The summed E-state index contributed by atoms with van der Waals surface area (Å²) in [5, 5.41) is 14.6. The highest BCUT2D eigenvalue weighted by Crippen LogP contribution is 2.10. The van der Waals surface area contributed by atoms with E-state index < -0.39 is 0 Å². The third-order valence-electron chi connectivity index (χ3n) is 3.24. The second kappa shape index (κ2) is 7.79. The molecule has 0 heterocycles. The van der Waals surface area contributed by atoms with Gasteiger partial charge in [0.2, 0.25) is 0 Å². The van der Waals surface area contributed by atoms with E-state index >= 15 is 0 Å². The lowest BCUT2D eigenvalue weighted by molar-refractivity contribution is 0.227. The molecule has 1 unspecified atom stereocenters. The number of aryl methyl sites for hydroxylation is 2. The maximum absolute atomic E-state index is 11.7. The van der Waals surface area contributed by atoms with Gasteiger partial charge in [-0.25, -0.2) is 4.79 Å². The Kier molecular flexibility index (Phi) is 6.36. The second-order valence-electron chi connectivity index (χ2n) is 4.87. The maximum Gasteiger partial charge on any atom is 0.315 e. The molecule has 1 rings (SSSR count). The van der Waals surface area contributed by atoms with Gasteiger partial charge in [0.1, 0.15) is 0 Å². The molecule has 19 heavy (non-hydrogen) atoms. The van der Waals surface area contributed by atoms with Crippen molar-refractivity contribution in [1.29, 1.82) is 0 Å². The van der Waals surface area contributed by atoms with Gasteiger partial charge in [0.15, 0.2) is 0 Å². The number of aliphatic hydroxyl groups excluding tert-OH is 1. The molecule has 0 saturated heterocycles. The number of nitrogens with one attached hydrogen (secondary N) is 2. The molecule has 1 aromatic carbocycles. The number of urea groups is 1. The normalized spacial score (nSPS) is 12.0. The minimum absolute atomic E-state index is 0.0316. The average molecular weight is 264 g/mol. The van der Waals surface area contributed by atoms with Crippen molar-refractivity contribution in [3.8, 4) is 0 Å². The second-order valence-corrected chi connectivity index (χ2v) is 4.87. The van der Waals surface area contributed by atoms with Gasteiger partial charge in [0.25, 0.3) is 0 Å². The Morgan fingerprint density at radius 3 is 2.68 bits per heavy atom. The summed E-state index contributed by atoms with van der Waals surface area (Å²) in [5.74, 6) is 0. The monoisotopic (exact) mass is 264 g/mol. The van der Waals surface area contributed by atoms with E-state index in [1.54, 1.807) is 0 Å². The summed E-state index contributed by atoms with van der Waals surface area (Å²) in [7, 11) is 0. The van der Waals surface area contributed by atoms with Gasteiger partial charge in [-0.15, -0.1) is 0 Å². The van der Waals surface area contributed by atoms with Crippen molar-refractivity contribution in [1.82, 2.24) is 10.6 Å². The van der Waals surface area contributed by atoms with E-state index in [2.05, 4.69) is 23.6 Å². The van der Waals surface area contributed by atoms with Crippen LogP contribution in [0, 0.1) is 13.8 Å². The molecule has 106 valence electrons. The van der Waals surface area contributed by atoms with Gasteiger partial charge >= 0.3 is 6.03 Å². The van der Waals surface area contributed by atoms with E-state index in [9.17, 15) is 4.79 Å². The number of carbonyl (C=O) groups is 1. The first kappa shape index (κ1) is 15.5. The van der Waals surface area contributed by atoms with Crippen LogP contribution >= 0.6 is 0 Å². The average Bonchev–Trinajstić information content (AvgIpc) is 2.37. The van der Waals surface area contributed by atoms with Crippen LogP contribution in [-0.2, 0) is 6.54 Å². The van der Waals surface area contributed by atoms with Gasteiger partial charge in [-0.2, -0.15) is 0 Å². The molecule has 4 heteroatoms. The van der Waals surface area contributed by atoms with Crippen LogP contribution in [0.1, 0.15) is 36.5 Å². The fourth-order valence-corrected chi connectivity index (χ4v) is 1.99. The molecule has 2 amide bonds. The van der Waals surface area contributed by atoms with E-state index in [1.807, 2.05) is 26.0 Å². The van der Waals surface area contributed by atoms with Crippen molar-refractivity contribution < 1.29 is 9.90 Å². The van der Waals surface area contributed by atoms with E-state index in [1.165, 1.54) is 11.1 Å². The lowest BCUT2D eigenvalue weighted by atomic mass is 10.1. The molecule has 0 saturated carbocycles. The minimum atomic E-state index is -0.180. The van der Waals surface area contributed by atoms with Crippen LogP contribution in [0.5, 0.6) is 0 Å². The Hall–Kier alpha value is -1.55. The molecule has 0 spiro atoms. The summed E-state index contributed by atoms with van der Waals surface area (Å²) in [6.45, 7) is 6.70. The Bertz CT molecular complexity index is 419. The fraction of sp³-hybridized carbons (Fsp3) is 0.533. The van der Waals surface area contributed by atoms with Crippen LogP contribution < -0.4 is 10.6 Å². The number of benzene rings is 1. The number of amides is 2. The van der Waals surface area contributed by atoms with Crippen LogP contribution in [0.15, 0.2) is 18.2 Å². The largest absolute Gasteiger partial charge is 0.396 e. The molecule has 1 aromatic rings. The molecule has 1 atom stereocenters. The van der Waals surface area contributed by atoms with Crippen LogP contribution in [0.4, 0.5) is 4.79 Å². The Morgan fingerprint density at radius 2 is 2.11 bits per heavy atom. The summed E-state index contributed by atoms with van der Waals surface area (Å²) in [6, 6.07) is 6.04. The van der Waals surface area contributed by atoms with Crippen molar-refractivity contribution in [3.63, 3.8) is 0 Å². The molecule has 0 aromatic heterocycles. The SMILES string of the molecule is CCC(CCO)NC(=O)NCc1ccc(C)cc1C. The van der Waals surface area contributed by atoms with Gasteiger partial charge in [-0.3, -0.25) is 0 Å². The minimum Gasteiger partial charge on any atom is -0.396 e. The first-order chi connectivity index (χ1) is 9.06. The maximum atomic E-state index is 11.7. The Labute approximate surface area is 115 Å². The van der Waals surface area contributed by atoms with Crippen LogP contribution in [0.3, 0.4) is 0 Å². The number of hydrogen-bond acceptors (Lipinski definition) is 2. The molecule has 0 aliphatic rings. The zero-order chi connectivity index (χ0) is 14.3. The number of aliphatic hydroxyl groups is 1. The number of rotatable bonds is 6. The fourth-order valence-electron chi connectivity index (χ4n) is 1.99. The Morgan fingerprint density at radius 1 is 1.37 bits per heavy atom. The lowest BCUT2D eigenvalue weighted by Crippen LogP contribution is -2.42. The van der Waals surface area contributed by atoms with Crippen LogP contribution in [0.2, 0.25) is 0 Å². The van der Waals surface area contributed by atoms with E-state index in [-0.39, 0.29) is 18.7 Å². The first-order valence-electron chi connectivity index (χ1n) is 6.78. The van der Waals surface area contributed by atoms with Crippen LogP contribution in [0.25, 0.3) is 0 Å². The summed E-state index contributed by atoms with van der Waals surface area (Å²) in [6.07, 6.45) is 1.41. The van der Waals surface area contributed by atoms with E-state index in [4.69, 9.17) is 5.11 Å². The summed E-state index contributed by atoms with van der Waals surface area (Å²) in [4.78, 5) is 11.7. The summed E-state index contributed by atoms with van der Waals surface area (Å²) < 4.78 is 0. The molecular weight excluding hydrogens is 240 g/mol. The van der Waals surface area contributed by atoms with Gasteiger partial charge < -0.3 is 15.7 Å². The smallest absolute Gasteiger partial charge is 0.315 e. The van der Waals surface area contributed by atoms with Crippen molar-refractivity contribution in [2.75, 3.05) is 6.61 Å². The molecule has 4 nitrogen and oxygen atoms in total. The predicted octanol–water partition coefficient (Wildman–Crippen LogP) is 2.26. The summed E-state index contributed by atoms with van der Waals surface area (Å²) in [5.41, 5.74) is 3.53. The summed E-state index contributed by atoms with van der Waals surface area (Å²) >= 11 is 0. The highest BCUT2D eigenvalue weighted by molar-refractivity contribution is 5.74. The first-order valence-corrected chi connectivity index (χ1v) is 6.78. The van der Waals surface area contributed by atoms with Crippen molar-refractivity contribution in [2.24, 2.45) is 0 Å². The quantitative estimate of drug-likeness (QED) is 0.738. The number of hydrogen-bond donors (Lipinski definition) is 3. The van der Waals surface area contributed by atoms with Gasteiger partial charge in [-0.1, -0.05) is 30.7 Å². The zero-order valence-corrected chi connectivity index (χ0v) is 12.0. The highest BCUT2D eigenvalue weighted by atomic mass is 16.3. The molecular formula is C15H24N2O2. The van der Waals surface area contributed by atoms with E-state index in [0.717, 1.165) is 12.0 Å². The highest BCUT2D eigenvalue weighted by Gasteiger charge is 2.09.